The summed E-state index contributed by atoms with van der Waals surface area (Å²) in [6.07, 6.45) is 3.74. The second-order valence-corrected chi connectivity index (χ2v) is 11.5. The van der Waals surface area contributed by atoms with Gasteiger partial charge in [0.25, 0.3) is 11.5 Å². The molecule has 1 atom stereocenters. The molecule has 3 aromatic carbocycles. The number of hydrogen-bond acceptors (Lipinski definition) is 6. The number of aromatic nitrogens is 2. The van der Waals surface area contributed by atoms with Gasteiger partial charge in [-0.15, -0.1) is 0 Å². The van der Waals surface area contributed by atoms with Gasteiger partial charge in [0.15, 0.2) is 4.80 Å². The SMILES string of the molecule is COc1ccc([C@@H]2C(C(=O)Nc3ccc(C)cc3C)=C(C)N=c3s/c(=C\c4cn(CC#N)c5ccccc45)c(=O)n32)cc1. The maximum absolute atomic E-state index is 14.2. The maximum atomic E-state index is 14.2. The van der Waals surface area contributed by atoms with Gasteiger partial charge >= 0.3 is 0 Å². The third-order valence-corrected chi connectivity index (χ3v) is 8.66. The first-order valence-electron chi connectivity index (χ1n) is 13.8. The molecular formula is C34H29N5O3S. The minimum absolute atomic E-state index is 0.200. The number of hydrogen-bond donors (Lipinski definition) is 1. The molecule has 1 aliphatic rings. The highest BCUT2D eigenvalue weighted by Crippen LogP contribution is 2.32. The Morgan fingerprint density at radius 3 is 2.60 bits per heavy atom. The minimum atomic E-state index is -0.699. The van der Waals surface area contributed by atoms with Crippen molar-refractivity contribution in [2.24, 2.45) is 4.99 Å². The number of carbonyl (C=O) groups excluding carboxylic acids is 1. The lowest BCUT2D eigenvalue weighted by molar-refractivity contribution is -0.113. The molecule has 9 heteroatoms. The number of rotatable bonds is 6. The summed E-state index contributed by atoms with van der Waals surface area (Å²) in [4.78, 5) is 33.4. The van der Waals surface area contributed by atoms with E-state index in [1.807, 2.05) is 97.4 Å². The van der Waals surface area contributed by atoms with Gasteiger partial charge in [-0.25, -0.2) is 4.99 Å². The number of benzene rings is 3. The van der Waals surface area contributed by atoms with Gasteiger partial charge in [-0.3, -0.25) is 14.2 Å². The number of thiazole rings is 1. The predicted molar refractivity (Wildman–Crippen MR) is 169 cm³/mol. The van der Waals surface area contributed by atoms with Crippen molar-refractivity contribution in [3.05, 3.63) is 126 Å². The summed E-state index contributed by atoms with van der Waals surface area (Å²) in [6.45, 7) is 5.96. The molecule has 1 amide bonds. The molecule has 6 rings (SSSR count). The number of allylic oxidation sites excluding steroid dienone is 1. The van der Waals surface area contributed by atoms with Crippen LogP contribution in [0.1, 0.15) is 35.2 Å². The van der Waals surface area contributed by atoms with Gasteiger partial charge in [0, 0.05) is 28.4 Å². The van der Waals surface area contributed by atoms with Crippen molar-refractivity contribution in [2.45, 2.75) is 33.4 Å². The van der Waals surface area contributed by atoms with Crippen molar-refractivity contribution in [1.82, 2.24) is 9.13 Å². The van der Waals surface area contributed by atoms with E-state index in [1.54, 1.807) is 18.6 Å². The van der Waals surface area contributed by atoms with Crippen LogP contribution in [0.25, 0.3) is 17.0 Å². The topological polar surface area (TPSA) is 101 Å². The van der Waals surface area contributed by atoms with Gasteiger partial charge < -0.3 is 14.6 Å². The number of nitrogens with one attached hydrogen (secondary N) is 1. The number of para-hydroxylation sites is 1. The minimum Gasteiger partial charge on any atom is -0.497 e. The lowest BCUT2D eigenvalue weighted by Gasteiger charge is -2.25. The number of nitriles is 1. The number of carbonyl (C=O) groups is 1. The van der Waals surface area contributed by atoms with Crippen molar-refractivity contribution in [3.8, 4) is 11.8 Å². The van der Waals surface area contributed by atoms with Gasteiger partial charge in [-0.1, -0.05) is 59.4 Å². The van der Waals surface area contributed by atoms with Crippen LogP contribution in [-0.4, -0.2) is 22.2 Å². The number of methoxy groups -OCH3 is 1. The van der Waals surface area contributed by atoms with Gasteiger partial charge in [0.2, 0.25) is 0 Å². The van der Waals surface area contributed by atoms with Crippen LogP contribution in [0, 0.1) is 25.2 Å². The van der Waals surface area contributed by atoms with Crippen LogP contribution in [0.5, 0.6) is 5.75 Å². The number of nitrogens with zero attached hydrogens (tertiary/aromatic N) is 4. The molecule has 43 heavy (non-hydrogen) atoms. The lowest BCUT2D eigenvalue weighted by Crippen LogP contribution is -2.40. The molecule has 1 N–H and O–H groups in total. The molecule has 0 fully saturated rings. The van der Waals surface area contributed by atoms with Crippen LogP contribution in [0.2, 0.25) is 0 Å². The van der Waals surface area contributed by atoms with Crippen LogP contribution in [0.3, 0.4) is 0 Å². The second-order valence-electron chi connectivity index (χ2n) is 10.5. The summed E-state index contributed by atoms with van der Waals surface area (Å²) in [5.74, 6) is 0.356. The quantitative estimate of drug-likeness (QED) is 0.303. The Kier molecular flexibility index (Phi) is 7.30. The summed E-state index contributed by atoms with van der Waals surface area (Å²) in [7, 11) is 1.60. The van der Waals surface area contributed by atoms with E-state index < -0.39 is 6.04 Å². The van der Waals surface area contributed by atoms with E-state index in [4.69, 9.17) is 9.73 Å². The van der Waals surface area contributed by atoms with E-state index >= 15 is 0 Å². The van der Waals surface area contributed by atoms with E-state index in [-0.39, 0.29) is 18.0 Å². The molecular weight excluding hydrogens is 558 g/mol. The van der Waals surface area contributed by atoms with E-state index in [2.05, 4.69) is 11.4 Å². The van der Waals surface area contributed by atoms with E-state index in [0.717, 1.165) is 33.2 Å². The first-order chi connectivity index (χ1) is 20.8. The van der Waals surface area contributed by atoms with Gasteiger partial charge in [-0.2, -0.15) is 5.26 Å². The fourth-order valence-corrected chi connectivity index (χ4v) is 6.63. The molecule has 0 saturated heterocycles. The number of ether oxygens (including phenoxy) is 1. The van der Waals surface area contributed by atoms with Crippen molar-refractivity contribution in [2.75, 3.05) is 12.4 Å². The number of fused-ring (bicyclic) bond motifs is 2. The van der Waals surface area contributed by atoms with Crippen LogP contribution in [0.15, 0.2) is 94.0 Å². The maximum Gasteiger partial charge on any atom is 0.271 e. The molecule has 0 spiro atoms. The zero-order chi connectivity index (χ0) is 30.2. The zero-order valence-corrected chi connectivity index (χ0v) is 25.0. The van der Waals surface area contributed by atoms with Crippen molar-refractivity contribution < 1.29 is 9.53 Å². The summed E-state index contributed by atoms with van der Waals surface area (Å²) in [5.41, 5.74) is 5.96. The highest BCUT2D eigenvalue weighted by molar-refractivity contribution is 7.07. The normalized spacial score (nSPS) is 14.8. The summed E-state index contributed by atoms with van der Waals surface area (Å²) in [5, 5.41) is 13.3. The summed E-state index contributed by atoms with van der Waals surface area (Å²) < 4.78 is 9.34. The Bertz CT molecular complexity index is 2160. The molecule has 0 bridgehead atoms. The second kappa shape index (κ2) is 11.2. The lowest BCUT2D eigenvalue weighted by atomic mass is 9.95. The van der Waals surface area contributed by atoms with Gasteiger partial charge in [-0.05, 0) is 62.2 Å². The largest absolute Gasteiger partial charge is 0.497 e. The fraction of sp³-hybridized carbons (Fsp3) is 0.176. The average Bonchev–Trinajstić information content (AvgIpc) is 3.50. The molecule has 0 unspecified atom stereocenters. The molecule has 1 aliphatic heterocycles. The van der Waals surface area contributed by atoms with Gasteiger partial charge in [0.05, 0.1) is 35.0 Å². The highest BCUT2D eigenvalue weighted by Gasteiger charge is 2.32. The number of amides is 1. The van der Waals surface area contributed by atoms with Crippen LogP contribution in [-0.2, 0) is 11.3 Å². The Balaban J connectivity index is 1.52. The first kappa shape index (κ1) is 27.9. The molecule has 8 nitrogen and oxygen atoms in total. The molecule has 0 aliphatic carbocycles. The zero-order valence-electron chi connectivity index (χ0n) is 24.2. The Morgan fingerprint density at radius 2 is 1.88 bits per heavy atom. The van der Waals surface area contributed by atoms with Crippen LogP contribution >= 0.6 is 11.3 Å². The smallest absolute Gasteiger partial charge is 0.271 e. The van der Waals surface area contributed by atoms with E-state index in [9.17, 15) is 14.9 Å². The Morgan fingerprint density at radius 1 is 1.12 bits per heavy atom. The third kappa shape index (κ3) is 5.07. The molecule has 0 radical (unpaired) electrons. The average molecular weight is 588 g/mol. The van der Waals surface area contributed by atoms with E-state index in [0.29, 0.717) is 32.0 Å². The van der Waals surface area contributed by atoms with Gasteiger partial charge in [0.1, 0.15) is 12.3 Å². The highest BCUT2D eigenvalue weighted by atomic mass is 32.1. The number of anilines is 1. The number of aryl methyl sites for hydroxylation is 2. The fourth-order valence-electron chi connectivity index (χ4n) is 5.60. The Labute approximate surface area is 252 Å². The molecule has 3 heterocycles. The third-order valence-electron chi connectivity index (χ3n) is 7.68. The standard InChI is InChI=1S/C34H29N5O3S/c1-20-9-14-27(21(2)17-20)37-32(40)30-22(3)36-34-39(31(30)23-10-12-25(42-4)13-11-23)33(41)29(43-34)18-24-19-38(16-15-35)28-8-6-5-7-26(24)28/h5-14,17-19,31H,16H2,1-4H3,(H,37,40)/b29-18-/t31-/m1/s1. The van der Waals surface area contributed by atoms with Crippen LogP contribution < -0.4 is 24.9 Å². The predicted octanol–water partition coefficient (Wildman–Crippen LogP) is 4.98. The first-order valence-corrected chi connectivity index (χ1v) is 14.6. The Hall–Kier alpha value is -5.20. The molecule has 0 saturated carbocycles. The van der Waals surface area contributed by atoms with E-state index in [1.165, 1.54) is 11.3 Å². The van der Waals surface area contributed by atoms with Crippen molar-refractivity contribution >= 4 is 39.9 Å². The van der Waals surface area contributed by atoms with Crippen molar-refractivity contribution in [3.63, 3.8) is 0 Å². The van der Waals surface area contributed by atoms with Crippen molar-refractivity contribution in [1.29, 1.82) is 5.26 Å². The molecule has 214 valence electrons. The molecule has 5 aromatic rings. The summed E-state index contributed by atoms with van der Waals surface area (Å²) >= 11 is 1.28. The summed E-state index contributed by atoms with van der Waals surface area (Å²) in [6, 6.07) is 22.5. The molecule has 2 aromatic heterocycles. The van der Waals surface area contributed by atoms with Crippen LogP contribution in [0.4, 0.5) is 5.69 Å². The monoisotopic (exact) mass is 587 g/mol.